The first-order valence-corrected chi connectivity index (χ1v) is 16.4. The van der Waals surface area contributed by atoms with Crippen LogP contribution in [0.15, 0.2) is 52.3 Å². The molecular formula is C28H40N2O6S2. The number of piperidine rings is 1. The van der Waals surface area contributed by atoms with E-state index in [0.29, 0.717) is 18.0 Å². The molecule has 2 aromatic carbocycles. The topological polar surface area (TPSA) is 93.2 Å². The lowest BCUT2D eigenvalue weighted by Gasteiger charge is -2.34. The van der Waals surface area contributed by atoms with E-state index in [4.69, 9.17) is 9.47 Å². The smallest absolute Gasteiger partial charge is 0.243 e. The Bertz CT molecular complexity index is 1290. The second-order valence-electron chi connectivity index (χ2n) is 10.2. The molecule has 1 atom stereocenters. The molecule has 0 spiro atoms. The standard InChI is InChI=1S/C28H40N2O6S2/c1-4-23-10-8-9-19-29(23)37(31,32)25-14-16-26(17-15-25)38(33,34)30(24-11-6-5-7-12-24)21-22-13-18-27(35-2)28(20-22)36-3/h13-18,20,23-24H,4-12,19,21H2,1-3H3. The Balaban J connectivity index is 1.64. The molecule has 1 saturated heterocycles. The zero-order chi connectivity index (χ0) is 27.3. The van der Waals surface area contributed by atoms with Crippen molar-refractivity contribution in [2.45, 2.75) is 93.1 Å². The van der Waals surface area contributed by atoms with Crippen molar-refractivity contribution in [2.75, 3.05) is 20.8 Å². The molecule has 1 unspecified atom stereocenters. The first-order valence-electron chi connectivity index (χ1n) is 13.6. The number of nitrogens with zero attached hydrogens (tertiary/aromatic N) is 2. The van der Waals surface area contributed by atoms with Crippen molar-refractivity contribution in [2.24, 2.45) is 0 Å². The molecule has 0 amide bonds. The summed E-state index contributed by atoms with van der Waals surface area (Å²) in [5.74, 6) is 1.13. The molecule has 2 fully saturated rings. The normalized spacial score (nSPS) is 19.9. The van der Waals surface area contributed by atoms with Gasteiger partial charge in [0.2, 0.25) is 20.0 Å². The molecule has 1 aliphatic heterocycles. The van der Waals surface area contributed by atoms with Crippen LogP contribution in [0.3, 0.4) is 0 Å². The Morgan fingerprint density at radius 3 is 2.08 bits per heavy atom. The average Bonchev–Trinajstić information content (AvgIpc) is 2.96. The second kappa shape index (κ2) is 12.4. The molecule has 4 rings (SSSR count). The third-order valence-electron chi connectivity index (χ3n) is 7.85. The first kappa shape index (κ1) is 28.9. The van der Waals surface area contributed by atoms with Gasteiger partial charge in [0.15, 0.2) is 11.5 Å². The number of benzene rings is 2. The van der Waals surface area contributed by atoms with E-state index in [0.717, 1.165) is 63.4 Å². The van der Waals surface area contributed by atoms with Crippen molar-refractivity contribution in [3.05, 3.63) is 48.0 Å². The van der Waals surface area contributed by atoms with Gasteiger partial charge < -0.3 is 9.47 Å². The Labute approximate surface area is 228 Å². The van der Waals surface area contributed by atoms with Crippen molar-refractivity contribution in [3.63, 3.8) is 0 Å². The number of hydrogen-bond acceptors (Lipinski definition) is 6. The Kier molecular flexibility index (Phi) is 9.39. The highest BCUT2D eigenvalue weighted by atomic mass is 32.2. The largest absolute Gasteiger partial charge is 0.493 e. The number of methoxy groups -OCH3 is 2. The highest BCUT2D eigenvalue weighted by Gasteiger charge is 2.35. The lowest BCUT2D eigenvalue weighted by Crippen LogP contribution is -2.43. The first-order chi connectivity index (χ1) is 18.2. The lowest BCUT2D eigenvalue weighted by atomic mass is 9.95. The minimum absolute atomic E-state index is 0.0135. The predicted molar refractivity (Wildman–Crippen MR) is 147 cm³/mol. The number of hydrogen-bond donors (Lipinski definition) is 0. The Morgan fingerprint density at radius 2 is 1.45 bits per heavy atom. The summed E-state index contributed by atoms with van der Waals surface area (Å²) in [5, 5.41) is 0. The maximum absolute atomic E-state index is 14.0. The van der Waals surface area contributed by atoms with Crippen LogP contribution in [0.5, 0.6) is 11.5 Å². The zero-order valence-electron chi connectivity index (χ0n) is 22.6. The van der Waals surface area contributed by atoms with E-state index in [1.807, 2.05) is 19.1 Å². The van der Waals surface area contributed by atoms with E-state index in [-0.39, 0.29) is 28.4 Å². The quantitative estimate of drug-likeness (QED) is 0.395. The van der Waals surface area contributed by atoms with Crippen LogP contribution in [-0.2, 0) is 26.6 Å². The van der Waals surface area contributed by atoms with Crippen LogP contribution in [0.4, 0.5) is 0 Å². The van der Waals surface area contributed by atoms with E-state index >= 15 is 0 Å². The molecule has 0 aromatic heterocycles. The van der Waals surface area contributed by atoms with Crippen molar-refractivity contribution >= 4 is 20.0 Å². The van der Waals surface area contributed by atoms with Crippen molar-refractivity contribution < 1.29 is 26.3 Å². The number of sulfonamides is 2. The molecule has 210 valence electrons. The van der Waals surface area contributed by atoms with E-state index in [1.54, 1.807) is 28.9 Å². The van der Waals surface area contributed by atoms with Crippen LogP contribution < -0.4 is 9.47 Å². The molecular weight excluding hydrogens is 524 g/mol. The van der Waals surface area contributed by atoms with E-state index in [2.05, 4.69) is 0 Å². The van der Waals surface area contributed by atoms with Crippen LogP contribution in [0, 0.1) is 0 Å². The van der Waals surface area contributed by atoms with Gasteiger partial charge in [0.1, 0.15) is 0 Å². The Hall–Kier alpha value is -2.14. The third-order valence-corrected chi connectivity index (χ3v) is 11.7. The van der Waals surface area contributed by atoms with Crippen LogP contribution in [-0.4, -0.2) is 58.3 Å². The third kappa shape index (κ3) is 6.03. The van der Waals surface area contributed by atoms with Crippen molar-refractivity contribution in [1.29, 1.82) is 0 Å². The fourth-order valence-corrected chi connectivity index (χ4v) is 9.13. The fourth-order valence-electron chi connectivity index (χ4n) is 5.69. The van der Waals surface area contributed by atoms with Gasteiger partial charge in [-0.15, -0.1) is 0 Å². The molecule has 10 heteroatoms. The monoisotopic (exact) mass is 564 g/mol. The summed E-state index contributed by atoms with van der Waals surface area (Å²) in [5.41, 5.74) is 0.798. The van der Waals surface area contributed by atoms with Crippen molar-refractivity contribution in [3.8, 4) is 11.5 Å². The van der Waals surface area contributed by atoms with E-state index in [9.17, 15) is 16.8 Å². The molecule has 1 saturated carbocycles. The molecule has 38 heavy (non-hydrogen) atoms. The summed E-state index contributed by atoms with van der Waals surface area (Å²) < 4.78 is 68.7. The van der Waals surface area contributed by atoms with E-state index < -0.39 is 20.0 Å². The van der Waals surface area contributed by atoms with Crippen molar-refractivity contribution in [1.82, 2.24) is 8.61 Å². The van der Waals surface area contributed by atoms with Gasteiger partial charge in [-0.3, -0.25) is 0 Å². The predicted octanol–water partition coefficient (Wildman–Crippen LogP) is 5.18. The summed E-state index contributed by atoms with van der Waals surface area (Å²) in [7, 11) is -4.46. The minimum Gasteiger partial charge on any atom is -0.493 e. The second-order valence-corrected chi connectivity index (χ2v) is 14.0. The van der Waals surface area contributed by atoms with Gasteiger partial charge in [-0.1, -0.05) is 38.7 Å². The van der Waals surface area contributed by atoms with Gasteiger partial charge in [-0.05, 0) is 74.1 Å². The molecule has 1 aliphatic carbocycles. The molecule has 0 N–H and O–H groups in total. The van der Waals surface area contributed by atoms with E-state index in [1.165, 1.54) is 24.3 Å². The average molecular weight is 565 g/mol. The van der Waals surface area contributed by atoms with Crippen LogP contribution in [0.1, 0.15) is 70.3 Å². The summed E-state index contributed by atoms with van der Waals surface area (Å²) in [6.45, 7) is 2.70. The molecule has 8 nitrogen and oxygen atoms in total. The lowest BCUT2D eigenvalue weighted by molar-refractivity contribution is 0.246. The van der Waals surface area contributed by atoms with Gasteiger partial charge in [-0.2, -0.15) is 8.61 Å². The highest BCUT2D eigenvalue weighted by molar-refractivity contribution is 7.89. The number of rotatable bonds is 10. The zero-order valence-corrected chi connectivity index (χ0v) is 24.3. The summed E-state index contributed by atoms with van der Waals surface area (Å²) in [6, 6.07) is 11.1. The van der Waals surface area contributed by atoms with Gasteiger partial charge in [0, 0.05) is 25.2 Å². The van der Waals surface area contributed by atoms with Crippen LogP contribution >= 0.6 is 0 Å². The van der Waals surface area contributed by atoms with Crippen LogP contribution in [0.25, 0.3) is 0 Å². The summed E-state index contributed by atoms with van der Waals surface area (Å²) >= 11 is 0. The molecule has 2 aromatic rings. The SMILES string of the molecule is CCC1CCCCN1S(=O)(=O)c1ccc(S(=O)(=O)N(Cc2ccc(OC)c(OC)c2)C2CCCCC2)cc1. The minimum atomic E-state index is -3.88. The van der Waals surface area contributed by atoms with Gasteiger partial charge >= 0.3 is 0 Å². The van der Waals surface area contributed by atoms with Gasteiger partial charge in [-0.25, -0.2) is 16.8 Å². The molecule has 0 radical (unpaired) electrons. The molecule has 0 bridgehead atoms. The summed E-state index contributed by atoms with van der Waals surface area (Å²) in [6.07, 6.45) is 8.14. The van der Waals surface area contributed by atoms with Gasteiger partial charge in [0.25, 0.3) is 0 Å². The molecule has 1 heterocycles. The Morgan fingerprint density at radius 1 is 0.816 bits per heavy atom. The molecule has 2 aliphatic rings. The number of ether oxygens (including phenoxy) is 2. The van der Waals surface area contributed by atoms with Gasteiger partial charge in [0.05, 0.1) is 24.0 Å². The fraction of sp³-hybridized carbons (Fsp3) is 0.571. The highest BCUT2D eigenvalue weighted by Crippen LogP contribution is 2.33. The summed E-state index contributed by atoms with van der Waals surface area (Å²) in [4.78, 5) is 0.245. The maximum atomic E-state index is 14.0. The maximum Gasteiger partial charge on any atom is 0.243 e. The van der Waals surface area contributed by atoms with Crippen LogP contribution in [0.2, 0.25) is 0 Å².